The first-order valence-electron chi connectivity index (χ1n) is 6.66. The van der Waals surface area contributed by atoms with E-state index in [0.29, 0.717) is 23.7 Å². The Morgan fingerprint density at radius 2 is 2.05 bits per heavy atom. The number of para-hydroxylation sites is 2. The van der Waals surface area contributed by atoms with Gasteiger partial charge < -0.3 is 19.8 Å². The molecule has 0 saturated carbocycles. The van der Waals surface area contributed by atoms with E-state index < -0.39 is 0 Å². The van der Waals surface area contributed by atoms with E-state index in [4.69, 9.17) is 14.9 Å². The smallest absolute Gasteiger partial charge is 0.215 e. The summed E-state index contributed by atoms with van der Waals surface area (Å²) in [4.78, 5) is 6.50. The highest BCUT2D eigenvalue weighted by molar-refractivity contribution is 5.76. The molecule has 1 heterocycles. The Morgan fingerprint density at radius 1 is 1.24 bits per heavy atom. The van der Waals surface area contributed by atoms with E-state index in [1.165, 1.54) is 0 Å². The molecule has 5 nitrogen and oxygen atoms in total. The summed E-state index contributed by atoms with van der Waals surface area (Å²) in [5.41, 5.74) is 8.93. The van der Waals surface area contributed by atoms with Gasteiger partial charge in [0.05, 0.1) is 19.3 Å². The molecule has 108 valence electrons. The number of hydrogen-bond donors (Lipinski definition) is 1. The Morgan fingerprint density at radius 3 is 2.86 bits per heavy atom. The predicted molar refractivity (Wildman–Crippen MR) is 83.5 cm³/mol. The van der Waals surface area contributed by atoms with Crippen LogP contribution in [0, 0.1) is 0 Å². The largest absolute Gasteiger partial charge is 0.495 e. The summed E-state index contributed by atoms with van der Waals surface area (Å²) in [5, 5.41) is 0. The molecular weight excluding hydrogens is 266 g/mol. The minimum Gasteiger partial charge on any atom is -0.495 e. The summed E-state index contributed by atoms with van der Waals surface area (Å²) in [6.07, 6.45) is 0. The molecule has 2 N–H and O–H groups in total. The van der Waals surface area contributed by atoms with Crippen LogP contribution < -0.4 is 15.4 Å². The van der Waals surface area contributed by atoms with E-state index in [1.807, 2.05) is 48.3 Å². The molecule has 0 radical (unpaired) electrons. The molecule has 3 aromatic rings. The van der Waals surface area contributed by atoms with Crippen LogP contribution in [0.15, 0.2) is 46.9 Å². The van der Waals surface area contributed by atoms with E-state index >= 15 is 0 Å². The molecule has 3 rings (SSSR count). The van der Waals surface area contributed by atoms with Crippen LogP contribution in [0.2, 0.25) is 0 Å². The van der Waals surface area contributed by atoms with Gasteiger partial charge in [-0.05, 0) is 24.3 Å². The lowest BCUT2D eigenvalue weighted by molar-refractivity contribution is 0.414. The summed E-state index contributed by atoms with van der Waals surface area (Å²) in [7, 11) is 3.63. The highest BCUT2D eigenvalue weighted by atomic mass is 16.5. The SMILES string of the molecule is COc1ccccc1N(C)Cc1nc2ccc(N)cc2o1. The minimum absolute atomic E-state index is 0.551. The van der Waals surface area contributed by atoms with Crippen LogP contribution in [-0.4, -0.2) is 19.1 Å². The van der Waals surface area contributed by atoms with Crippen molar-refractivity contribution in [2.45, 2.75) is 6.54 Å². The third-order valence-electron chi connectivity index (χ3n) is 3.33. The Labute approximate surface area is 122 Å². The van der Waals surface area contributed by atoms with Crippen LogP contribution in [0.3, 0.4) is 0 Å². The summed E-state index contributed by atoms with van der Waals surface area (Å²) < 4.78 is 11.1. The fourth-order valence-corrected chi connectivity index (χ4v) is 2.29. The summed E-state index contributed by atoms with van der Waals surface area (Å²) >= 11 is 0. The fourth-order valence-electron chi connectivity index (χ4n) is 2.29. The molecule has 0 unspecified atom stereocenters. The quantitative estimate of drug-likeness (QED) is 0.745. The zero-order chi connectivity index (χ0) is 14.8. The maximum Gasteiger partial charge on any atom is 0.215 e. The molecule has 1 aromatic heterocycles. The van der Waals surface area contributed by atoms with Crippen molar-refractivity contribution in [2.75, 3.05) is 24.8 Å². The molecule has 0 saturated heterocycles. The standard InChI is InChI=1S/C16H17N3O2/c1-19(13-5-3-4-6-14(13)20-2)10-16-18-12-8-7-11(17)9-15(12)21-16/h3-9H,10,17H2,1-2H3. The molecule has 0 fully saturated rings. The molecule has 21 heavy (non-hydrogen) atoms. The summed E-state index contributed by atoms with van der Waals surface area (Å²) in [5.74, 6) is 1.46. The molecule has 0 spiro atoms. The molecule has 0 aliphatic carbocycles. The number of nitrogens with two attached hydrogens (primary N) is 1. The number of fused-ring (bicyclic) bond motifs is 1. The first-order chi connectivity index (χ1) is 10.2. The van der Waals surface area contributed by atoms with Gasteiger partial charge in [0.15, 0.2) is 5.58 Å². The van der Waals surface area contributed by atoms with Crippen LogP contribution in [0.25, 0.3) is 11.1 Å². The number of oxazole rings is 1. The number of nitrogen functional groups attached to an aromatic ring is 1. The molecule has 0 aliphatic rings. The third kappa shape index (κ3) is 2.63. The van der Waals surface area contributed by atoms with Crippen LogP contribution in [0.1, 0.15) is 5.89 Å². The Hall–Kier alpha value is -2.69. The summed E-state index contributed by atoms with van der Waals surface area (Å²) in [6.45, 7) is 0.551. The van der Waals surface area contributed by atoms with Crippen LogP contribution in [-0.2, 0) is 6.54 Å². The van der Waals surface area contributed by atoms with Crippen molar-refractivity contribution in [1.82, 2.24) is 4.98 Å². The second-order valence-electron chi connectivity index (χ2n) is 4.86. The molecule has 0 aliphatic heterocycles. The fraction of sp³-hybridized carbons (Fsp3) is 0.188. The molecule has 0 bridgehead atoms. The van der Waals surface area contributed by atoms with Crippen molar-refractivity contribution >= 4 is 22.5 Å². The lowest BCUT2D eigenvalue weighted by atomic mass is 10.2. The number of hydrogen-bond acceptors (Lipinski definition) is 5. The van der Waals surface area contributed by atoms with E-state index in [1.54, 1.807) is 13.2 Å². The van der Waals surface area contributed by atoms with Gasteiger partial charge in [0.1, 0.15) is 11.3 Å². The van der Waals surface area contributed by atoms with Gasteiger partial charge in [-0.25, -0.2) is 4.98 Å². The van der Waals surface area contributed by atoms with Gasteiger partial charge in [0.25, 0.3) is 0 Å². The molecule has 0 atom stereocenters. The Bertz CT molecular complexity index is 767. The van der Waals surface area contributed by atoms with E-state index in [9.17, 15) is 0 Å². The average molecular weight is 283 g/mol. The monoisotopic (exact) mass is 283 g/mol. The maximum atomic E-state index is 5.75. The van der Waals surface area contributed by atoms with Gasteiger partial charge in [0.2, 0.25) is 5.89 Å². The van der Waals surface area contributed by atoms with Crippen molar-refractivity contribution < 1.29 is 9.15 Å². The van der Waals surface area contributed by atoms with Crippen LogP contribution in [0.5, 0.6) is 5.75 Å². The molecule has 0 amide bonds. The first-order valence-corrected chi connectivity index (χ1v) is 6.66. The number of aromatic nitrogens is 1. The van der Waals surface area contributed by atoms with Crippen LogP contribution in [0.4, 0.5) is 11.4 Å². The summed E-state index contributed by atoms with van der Waals surface area (Å²) in [6, 6.07) is 13.3. The van der Waals surface area contributed by atoms with Gasteiger partial charge in [0, 0.05) is 18.8 Å². The predicted octanol–water partition coefficient (Wildman–Crippen LogP) is 3.06. The highest BCUT2D eigenvalue weighted by Crippen LogP contribution is 2.28. The molecular formula is C16H17N3O2. The van der Waals surface area contributed by atoms with Gasteiger partial charge in [-0.15, -0.1) is 0 Å². The number of rotatable bonds is 4. The van der Waals surface area contributed by atoms with E-state index in [-0.39, 0.29) is 0 Å². The number of nitrogens with zero attached hydrogens (tertiary/aromatic N) is 2. The van der Waals surface area contributed by atoms with Crippen molar-refractivity contribution in [1.29, 1.82) is 0 Å². The van der Waals surface area contributed by atoms with E-state index in [2.05, 4.69) is 4.98 Å². The van der Waals surface area contributed by atoms with Crippen molar-refractivity contribution in [3.8, 4) is 5.75 Å². The van der Waals surface area contributed by atoms with Gasteiger partial charge >= 0.3 is 0 Å². The lowest BCUT2D eigenvalue weighted by Gasteiger charge is -2.19. The number of benzene rings is 2. The average Bonchev–Trinajstić information content (AvgIpc) is 2.88. The third-order valence-corrected chi connectivity index (χ3v) is 3.33. The number of methoxy groups -OCH3 is 1. The molecule has 2 aromatic carbocycles. The first kappa shape index (κ1) is 13.3. The van der Waals surface area contributed by atoms with Gasteiger partial charge in [-0.3, -0.25) is 0 Å². The van der Waals surface area contributed by atoms with Crippen molar-refractivity contribution in [3.05, 3.63) is 48.4 Å². The Kier molecular flexibility index (Phi) is 3.39. The normalized spacial score (nSPS) is 10.8. The number of anilines is 2. The van der Waals surface area contributed by atoms with E-state index in [0.717, 1.165) is 17.0 Å². The highest BCUT2D eigenvalue weighted by Gasteiger charge is 2.12. The lowest BCUT2D eigenvalue weighted by Crippen LogP contribution is -2.17. The van der Waals surface area contributed by atoms with Crippen molar-refractivity contribution in [2.24, 2.45) is 0 Å². The topological polar surface area (TPSA) is 64.5 Å². The minimum atomic E-state index is 0.551. The van der Waals surface area contributed by atoms with Gasteiger partial charge in [-0.2, -0.15) is 0 Å². The zero-order valence-corrected chi connectivity index (χ0v) is 12.0. The maximum absolute atomic E-state index is 5.75. The van der Waals surface area contributed by atoms with Crippen LogP contribution >= 0.6 is 0 Å². The number of ether oxygens (including phenoxy) is 1. The zero-order valence-electron chi connectivity index (χ0n) is 12.0. The van der Waals surface area contributed by atoms with Gasteiger partial charge in [-0.1, -0.05) is 12.1 Å². The Balaban J connectivity index is 1.87. The molecule has 5 heteroatoms. The second-order valence-corrected chi connectivity index (χ2v) is 4.86. The van der Waals surface area contributed by atoms with Crippen molar-refractivity contribution in [3.63, 3.8) is 0 Å². The second kappa shape index (κ2) is 5.36.